The molecule has 1 unspecified atom stereocenters. The number of amides is 1. The van der Waals surface area contributed by atoms with E-state index in [9.17, 15) is 4.79 Å². The van der Waals surface area contributed by atoms with Gasteiger partial charge in [0.1, 0.15) is 5.75 Å². The second kappa shape index (κ2) is 6.19. The molecule has 0 radical (unpaired) electrons. The Morgan fingerprint density at radius 3 is 2.77 bits per heavy atom. The molecule has 0 saturated carbocycles. The smallest absolute Gasteiger partial charge is 0.251 e. The number of hydrogen-bond donors (Lipinski definition) is 1. The molecule has 2 aromatic rings. The van der Waals surface area contributed by atoms with Crippen molar-refractivity contribution in [3.8, 4) is 5.75 Å². The number of halogens is 2. The zero-order valence-electron chi connectivity index (χ0n) is 12.0. The summed E-state index contributed by atoms with van der Waals surface area (Å²) < 4.78 is 5.64. The lowest BCUT2D eigenvalue weighted by molar-refractivity contribution is 0.0925. The highest BCUT2D eigenvalue weighted by Gasteiger charge is 2.23. The van der Waals surface area contributed by atoms with Crippen LogP contribution in [0, 0.1) is 6.92 Å². The van der Waals surface area contributed by atoms with E-state index >= 15 is 0 Å². The molecule has 1 heterocycles. The summed E-state index contributed by atoms with van der Waals surface area (Å²) in [5.74, 6) is 0.661. The SMILES string of the molecule is Cc1ccc2c(c1)C(NC(=O)c1ccc(Cl)c(Cl)c1)CCO2. The van der Waals surface area contributed by atoms with Gasteiger partial charge in [0, 0.05) is 17.5 Å². The van der Waals surface area contributed by atoms with Crippen LogP contribution in [-0.2, 0) is 0 Å². The van der Waals surface area contributed by atoms with Crippen LogP contribution in [0.2, 0.25) is 10.0 Å². The van der Waals surface area contributed by atoms with Crippen molar-refractivity contribution in [2.45, 2.75) is 19.4 Å². The average Bonchev–Trinajstić information content (AvgIpc) is 2.50. The Labute approximate surface area is 139 Å². The second-order valence-corrected chi connectivity index (χ2v) is 6.15. The van der Waals surface area contributed by atoms with Crippen molar-refractivity contribution in [2.24, 2.45) is 0 Å². The van der Waals surface area contributed by atoms with Crippen molar-refractivity contribution >= 4 is 29.1 Å². The highest BCUT2D eigenvalue weighted by Crippen LogP contribution is 2.33. The molecule has 1 N–H and O–H groups in total. The highest BCUT2D eigenvalue weighted by atomic mass is 35.5. The highest BCUT2D eigenvalue weighted by molar-refractivity contribution is 6.42. The van der Waals surface area contributed by atoms with Gasteiger partial charge in [0.15, 0.2) is 0 Å². The first kappa shape index (κ1) is 15.2. The second-order valence-electron chi connectivity index (χ2n) is 5.33. The molecule has 0 aromatic heterocycles. The van der Waals surface area contributed by atoms with Crippen LogP contribution in [0.1, 0.15) is 33.9 Å². The number of benzene rings is 2. The minimum absolute atomic E-state index is 0.0643. The molecule has 3 rings (SSSR count). The number of hydrogen-bond acceptors (Lipinski definition) is 2. The van der Waals surface area contributed by atoms with Crippen molar-refractivity contribution in [3.05, 3.63) is 63.1 Å². The third-order valence-corrected chi connectivity index (χ3v) is 4.43. The van der Waals surface area contributed by atoms with Gasteiger partial charge in [-0.05, 0) is 31.2 Å². The molecule has 1 aliphatic heterocycles. The van der Waals surface area contributed by atoms with E-state index in [1.54, 1.807) is 18.2 Å². The topological polar surface area (TPSA) is 38.3 Å². The largest absolute Gasteiger partial charge is 0.493 e. The summed E-state index contributed by atoms with van der Waals surface area (Å²) in [6, 6.07) is 10.8. The Bertz CT molecular complexity index is 731. The predicted octanol–water partition coefficient (Wildman–Crippen LogP) is 4.56. The van der Waals surface area contributed by atoms with Crippen molar-refractivity contribution < 1.29 is 9.53 Å². The summed E-state index contributed by atoms with van der Waals surface area (Å²) in [5, 5.41) is 3.85. The van der Waals surface area contributed by atoms with Crippen LogP contribution in [-0.4, -0.2) is 12.5 Å². The van der Waals surface area contributed by atoms with Crippen LogP contribution in [0.3, 0.4) is 0 Å². The molecule has 5 heteroatoms. The number of carbonyl (C=O) groups is 1. The minimum Gasteiger partial charge on any atom is -0.493 e. The van der Waals surface area contributed by atoms with E-state index in [0.29, 0.717) is 22.2 Å². The fourth-order valence-corrected chi connectivity index (χ4v) is 2.84. The fourth-order valence-electron chi connectivity index (χ4n) is 2.54. The maximum atomic E-state index is 12.4. The van der Waals surface area contributed by atoms with Crippen LogP contribution >= 0.6 is 23.2 Å². The van der Waals surface area contributed by atoms with Crippen molar-refractivity contribution in [3.63, 3.8) is 0 Å². The van der Waals surface area contributed by atoms with Crippen LogP contribution in [0.25, 0.3) is 0 Å². The van der Waals surface area contributed by atoms with Gasteiger partial charge in [0.05, 0.1) is 22.7 Å². The number of ether oxygens (including phenoxy) is 1. The van der Waals surface area contributed by atoms with Gasteiger partial charge in [-0.15, -0.1) is 0 Å². The molecular formula is C17H15Cl2NO2. The monoisotopic (exact) mass is 335 g/mol. The minimum atomic E-state index is -0.169. The van der Waals surface area contributed by atoms with Gasteiger partial charge in [-0.3, -0.25) is 4.79 Å². The average molecular weight is 336 g/mol. The summed E-state index contributed by atoms with van der Waals surface area (Å²) in [5.41, 5.74) is 2.65. The number of fused-ring (bicyclic) bond motifs is 1. The molecule has 0 bridgehead atoms. The molecule has 1 atom stereocenters. The summed E-state index contributed by atoms with van der Waals surface area (Å²) in [4.78, 5) is 12.4. The number of nitrogens with one attached hydrogen (secondary N) is 1. The summed E-state index contributed by atoms with van der Waals surface area (Å²) in [6.45, 7) is 2.61. The van der Waals surface area contributed by atoms with Crippen LogP contribution in [0.5, 0.6) is 5.75 Å². The summed E-state index contributed by atoms with van der Waals surface area (Å²) in [6.07, 6.45) is 0.740. The van der Waals surface area contributed by atoms with E-state index in [1.165, 1.54) is 0 Å². The van der Waals surface area contributed by atoms with Crippen molar-refractivity contribution in [1.82, 2.24) is 5.32 Å². The van der Waals surface area contributed by atoms with Gasteiger partial charge >= 0.3 is 0 Å². The number of carbonyl (C=O) groups excluding carboxylic acids is 1. The lowest BCUT2D eigenvalue weighted by atomic mass is 9.98. The fraction of sp³-hybridized carbons (Fsp3) is 0.235. The standard InChI is InChI=1S/C17H15Cl2NO2/c1-10-2-5-16-12(8-10)15(6-7-22-16)20-17(21)11-3-4-13(18)14(19)9-11/h2-5,8-9,15H,6-7H2,1H3,(H,20,21). The Morgan fingerprint density at radius 2 is 2.00 bits per heavy atom. The quantitative estimate of drug-likeness (QED) is 0.873. The molecule has 0 spiro atoms. The first-order chi connectivity index (χ1) is 10.5. The molecule has 0 aliphatic carbocycles. The molecule has 22 heavy (non-hydrogen) atoms. The van der Waals surface area contributed by atoms with E-state index in [0.717, 1.165) is 23.3 Å². The number of aryl methyl sites for hydroxylation is 1. The van der Waals surface area contributed by atoms with E-state index in [1.807, 2.05) is 25.1 Å². The van der Waals surface area contributed by atoms with Crippen molar-refractivity contribution in [2.75, 3.05) is 6.61 Å². The van der Waals surface area contributed by atoms with Gasteiger partial charge in [-0.25, -0.2) is 0 Å². The number of rotatable bonds is 2. The zero-order chi connectivity index (χ0) is 15.7. The molecule has 1 aliphatic rings. The van der Waals surface area contributed by atoms with E-state index in [2.05, 4.69) is 5.32 Å². The van der Waals surface area contributed by atoms with E-state index in [4.69, 9.17) is 27.9 Å². The van der Waals surface area contributed by atoms with Gasteiger partial charge in [0.2, 0.25) is 0 Å². The molecular weight excluding hydrogens is 321 g/mol. The van der Waals surface area contributed by atoms with Gasteiger partial charge in [-0.2, -0.15) is 0 Å². The molecule has 1 amide bonds. The zero-order valence-corrected chi connectivity index (χ0v) is 13.5. The first-order valence-corrected chi connectivity index (χ1v) is 7.79. The van der Waals surface area contributed by atoms with Crippen LogP contribution in [0.15, 0.2) is 36.4 Å². The molecule has 3 nitrogen and oxygen atoms in total. The van der Waals surface area contributed by atoms with Gasteiger partial charge in [-0.1, -0.05) is 40.9 Å². The maximum Gasteiger partial charge on any atom is 0.251 e. The van der Waals surface area contributed by atoms with Gasteiger partial charge in [0.25, 0.3) is 5.91 Å². The Morgan fingerprint density at radius 1 is 1.18 bits per heavy atom. The Balaban J connectivity index is 1.83. The molecule has 2 aromatic carbocycles. The lowest BCUT2D eigenvalue weighted by Crippen LogP contribution is -2.32. The van der Waals surface area contributed by atoms with E-state index in [-0.39, 0.29) is 11.9 Å². The van der Waals surface area contributed by atoms with Gasteiger partial charge < -0.3 is 10.1 Å². The first-order valence-electron chi connectivity index (χ1n) is 7.04. The summed E-state index contributed by atoms with van der Waals surface area (Å²) >= 11 is 11.9. The van der Waals surface area contributed by atoms with E-state index < -0.39 is 0 Å². The third-order valence-electron chi connectivity index (χ3n) is 3.69. The Kier molecular flexibility index (Phi) is 4.27. The maximum absolute atomic E-state index is 12.4. The van der Waals surface area contributed by atoms with Crippen LogP contribution in [0.4, 0.5) is 0 Å². The molecule has 114 valence electrons. The lowest BCUT2D eigenvalue weighted by Gasteiger charge is -2.27. The normalized spacial score (nSPS) is 16.6. The third kappa shape index (κ3) is 3.06. The van der Waals surface area contributed by atoms with Crippen LogP contribution < -0.4 is 10.1 Å². The predicted molar refractivity (Wildman–Crippen MR) is 88.0 cm³/mol. The Hall–Kier alpha value is -1.71. The van der Waals surface area contributed by atoms with Crippen molar-refractivity contribution in [1.29, 1.82) is 0 Å². The summed E-state index contributed by atoms with van der Waals surface area (Å²) in [7, 11) is 0. The molecule has 0 fully saturated rings. The molecule has 0 saturated heterocycles.